The summed E-state index contributed by atoms with van der Waals surface area (Å²) in [4.78, 5) is 14.5. The minimum atomic E-state index is -0.634. The van der Waals surface area contributed by atoms with Crippen molar-refractivity contribution >= 4 is 5.91 Å². The molecule has 1 unspecified atom stereocenters. The third kappa shape index (κ3) is 2.57. The first-order chi connectivity index (χ1) is 7.59. The highest BCUT2D eigenvalue weighted by molar-refractivity contribution is 5.86. The molecular formula is C13H26N2O. The summed E-state index contributed by atoms with van der Waals surface area (Å²) in [7, 11) is 0. The number of amides is 1. The second-order valence-electron chi connectivity index (χ2n) is 4.92. The normalized spacial score (nSPS) is 22.2. The lowest BCUT2D eigenvalue weighted by Crippen LogP contribution is -2.58. The number of nitrogens with two attached hydrogens (primary N) is 1. The number of hydrogen-bond acceptors (Lipinski definition) is 2. The summed E-state index contributed by atoms with van der Waals surface area (Å²) in [6.07, 6.45) is 6.04. The fourth-order valence-electron chi connectivity index (χ4n) is 2.53. The summed E-state index contributed by atoms with van der Waals surface area (Å²) in [6.45, 7) is 7.07. The van der Waals surface area contributed by atoms with Gasteiger partial charge in [0, 0.05) is 12.6 Å². The van der Waals surface area contributed by atoms with E-state index in [0.717, 1.165) is 38.6 Å². The van der Waals surface area contributed by atoms with Crippen LogP contribution in [0.5, 0.6) is 0 Å². The fourth-order valence-corrected chi connectivity index (χ4v) is 2.53. The van der Waals surface area contributed by atoms with Gasteiger partial charge in [0.25, 0.3) is 0 Å². The van der Waals surface area contributed by atoms with Crippen LogP contribution in [0.2, 0.25) is 0 Å². The van der Waals surface area contributed by atoms with Crippen molar-refractivity contribution in [2.45, 2.75) is 70.9 Å². The molecule has 0 aliphatic carbocycles. The number of hydrogen-bond donors (Lipinski definition) is 1. The van der Waals surface area contributed by atoms with Crippen molar-refractivity contribution in [2.75, 3.05) is 6.54 Å². The van der Waals surface area contributed by atoms with Crippen molar-refractivity contribution < 1.29 is 4.79 Å². The van der Waals surface area contributed by atoms with Crippen LogP contribution in [0.1, 0.15) is 59.3 Å². The number of nitrogens with zero attached hydrogens (tertiary/aromatic N) is 1. The molecule has 1 atom stereocenters. The Morgan fingerprint density at radius 1 is 1.31 bits per heavy atom. The SMILES string of the molecule is CCC1CCCCN1C(=O)C(N)(CC)CC. The zero-order chi connectivity index (χ0) is 12.2. The van der Waals surface area contributed by atoms with Gasteiger partial charge >= 0.3 is 0 Å². The molecule has 1 aliphatic heterocycles. The Kier molecular flexibility index (Phi) is 4.78. The van der Waals surface area contributed by atoms with E-state index in [1.54, 1.807) is 0 Å². The molecule has 0 aromatic carbocycles. The minimum Gasteiger partial charge on any atom is -0.338 e. The van der Waals surface area contributed by atoms with Gasteiger partial charge in [-0.1, -0.05) is 20.8 Å². The molecule has 1 rings (SSSR count). The number of carbonyl (C=O) groups excluding carboxylic acids is 1. The first-order valence-electron chi connectivity index (χ1n) is 6.69. The van der Waals surface area contributed by atoms with Crippen LogP contribution in [0.3, 0.4) is 0 Å². The van der Waals surface area contributed by atoms with E-state index in [1.165, 1.54) is 6.42 Å². The summed E-state index contributed by atoms with van der Waals surface area (Å²) in [5, 5.41) is 0. The predicted molar refractivity (Wildman–Crippen MR) is 67.1 cm³/mol. The highest BCUT2D eigenvalue weighted by Gasteiger charge is 2.37. The number of likely N-dealkylation sites (tertiary alicyclic amines) is 1. The standard InChI is InChI=1S/C13H26N2O/c1-4-11-9-7-8-10-15(11)12(16)13(14,5-2)6-3/h11H,4-10,14H2,1-3H3. The Balaban J connectivity index is 2.77. The van der Waals surface area contributed by atoms with Crippen LogP contribution >= 0.6 is 0 Å². The van der Waals surface area contributed by atoms with Crippen LogP contribution in [0.25, 0.3) is 0 Å². The van der Waals surface area contributed by atoms with Crippen LogP contribution in [-0.2, 0) is 4.79 Å². The molecule has 1 aliphatic rings. The van der Waals surface area contributed by atoms with Crippen LogP contribution in [0.15, 0.2) is 0 Å². The van der Waals surface area contributed by atoms with Gasteiger partial charge in [-0.25, -0.2) is 0 Å². The maximum Gasteiger partial charge on any atom is 0.242 e. The number of piperidine rings is 1. The molecule has 0 spiro atoms. The smallest absolute Gasteiger partial charge is 0.242 e. The average Bonchev–Trinajstić information content (AvgIpc) is 2.36. The Hall–Kier alpha value is -0.570. The molecule has 3 heteroatoms. The van der Waals surface area contributed by atoms with Crippen LogP contribution in [0.4, 0.5) is 0 Å². The molecule has 0 saturated carbocycles. The molecule has 0 bridgehead atoms. The summed E-state index contributed by atoms with van der Waals surface area (Å²) in [5.74, 6) is 0.170. The Morgan fingerprint density at radius 3 is 2.44 bits per heavy atom. The van der Waals surface area contributed by atoms with Crippen LogP contribution < -0.4 is 5.73 Å². The van der Waals surface area contributed by atoms with E-state index in [0.29, 0.717) is 6.04 Å². The van der Waals surface area contributed by atoms with Crippen molar-refractivity contribution in [1.29, 1.82) is 0 Å². The van der Waals surface area contributed by atoms with Gasteiger partial charge < -0.3 is 10.6 Å². The van der Waals surface area contributed by atoms with Gasteiger partial charge in [-0.05, 0) is 38.5 Å². The monoisotopic (exact) mass is 226 g/mol. The zero-order valence-electron chi connectivity index (χ0n) is 11.0. The zero-order valence-corrected chi connectivity index (χ0v) is 11.0. The van der Waals surface area contributed by atoms with E-state index in [1.807, 2.05) is 18.7 Å². The van der Waals surface area contributed by atoms with Gasteiger partial charge in [-0.3, -0.25) is 4.79 Å². The van der Waals surface area contributed by atoms with Gasteiger partial charge in [0.05, 0.1) is 5.54 Å². The molecule has 1 heterocycles. The fraction of sp³-hybridized carbons (Fsp3) is 0.923. The quantitative estimate of drug-likeness (QED) is 0.799. The Bertz CT molecular complexity index is 236. The molecule has 0 aromatic rings. The van der Waals surface area contributed by atoms with Crippen molar-refractivity contribution in [1.82, 2.24) is 4.90 Å². The van der Waals surface area contributed by atoms with E-state index >= 15 is 0 Å². The molecule has 0 aromatic heterocycles. The highest BCUT2D eigenvalue weighted by atomic mass is 16.2. The maximum atomic E-state index is 12.5. The minimum absolute atomic E-state index is 0.170. The molecule has 1 saturated heterocycles. The Labute approximate surface area is 99.4 Å². The Morgan fingerprint density at radius 2 is 1.94 bits per heavy atom. The van der Waals surface area contributed by atoms with Gasteiger partial charge in [-0.2, -0.15) is 0 Å². The van der Waals surface area contributed by atoms with E-state index in [-0.39, 0.29) is 5.91 Å². The van der Waals surface area contributed by atoms with E-state index in [4.69, 9.17) is 5.73 Å². The lowest BCUT2D eigenvalue weighted by Gasteiger charge is -2.40. The van der Waals surface area contributed by atoms with Crippen molar-refractivity contribution in [2.24, 2.45) is 5.73 Å². The average molecular weight is 226 g/mol. The molecule has 2 N–H and O–H groups in total. The largest absolute Gasteiger partial charge is 0.338 e. The first-order valence-corrected chi connectivity index (χ1v) is 6.69. The van der Waals surface area contributed by atoms with Crippen molar-refractivity contribution in [3.8, 4) is 0 Å². The highest BCUT2D eigenvalue weighted by Crippen LogP contribution is 2.24. The van der Waals surface area contributed by atoms with Gasteiger partial charge in [0.15, 0.2) is 0 Å². The van der Waals surface area contributed by atoms with Gasteiger partial charge in [-0.15, -0.1) is 0 Å². The van der Waals surface area contributed by atoms with Gasteiger partial charge in [0.2, 0.25) is 5.91 Å². The predicted octanol–water partition coefficient (Wildman–Crippen LogP) is 2.29. The third-order valence-corrected chi connectivity index (χ3v) is 4.05. The van der Waals surface area contributed by atoms with E-state index < -0.39 is 5.54 Å². The molecule has 16 heavy (non-hydrogen) atoms. The molecule has 94 valence electrons. The summed E-state index contributed by atoms with van der Waals surface area (Å²) < 4.78 is 0. The van der Waals surface area contributed by atoms with Crippen LogP contribution in [-0.4, -0.2) is 28.9 Å². The molecule has 1 amide bonds. The second-order valence-corrected chi connectivity index (χ2v) is 4.92. The lowest BCUT2D eigenvalue weighted by molar-refractivity contribution is -0.141. The third-order valence-electron chi connectivity index (χ3n) is 4.05. The van der Waals surface area contributed by atoms with Crippen molar-refractivity contribution in [3.63, 3.8) is 0 Å². The molecular weight excluding hydrogens is 200 g/mol. The van der Waals surface area contributed by atoms with Crippen LogP contribution in [0, 0.1) is 0 Å². The van der Waals surface area contributed by atoms with Gasteiger partial charge in [0.1, 0.15) is 0 Å². The number of rotatable bonds is 4. The topological polar surface area (TPSA) is 46.3 Å². The van der Waals surface area contributed by atoms with E-state index in [9.17, 15) is 4.79 Å². The summed E-state index contributed by atoms with van der Waals surface area (Å²) in [6, 6.07) is 0.419. The lowest BCUT2D eigenvalue weighted by atomic mass is 9.89. The molecule has 0 radical (unpaired) electrons. The number of carbonyl (C=O) groups is 1. The summed E-state index contributed by atoms with van der Waals surface area (Å²) in [5.41, 5.74) is 5.56. The molecule has 3 nitrogen and oxygen atoms in total. The summed E-state index contributed by atoms with van der Waals surface area (Å²) >= 11 is 0. The maximum absolute atomic E-state index is 12.5. The molecule has 1 fully saturated rings. The van der Waals surface area contributed by atoms with Crippen molar-refractivity contribution in [3.05, 3.63) is 0 Å². The second kappa shape index (κ2) is 5.67. The first kappa shape index (κ1) is 13.5. The van der Waals surface area contributed by atoms with E-state index in [2.05, 4.69) is 6.92 Å².